The van der Waals surface area contributed by atoms with Crippen LogP contribution < -0.4 is 11.5 Å². The Balaban J connectivity index is 2.31. The van der Waals surface area contributed by atoms with E-state index in [1.807, 2.05) is 0 Å². The fourth-order valence-electron chi connectivity index (χ4n) is 2.18. The number of pyridine rings is 1. The Bertz CT molecular complexity index is 679. The molecule has 0 unspecified atom stereocenters. The van der Waals surface area contributed by atoms with Crippen molar-refractivity contribution in [3.8, 4) is 0 Å². The maximum atomic E-state index is 12.8. The summed E-state index contributed by atoms with van der Waals surface area (Å²) in [6.07, 6.45) is -0.742. The van der Waals surface area contributed by atoms with Crippen LogP contribution in [0.25, 0.3) is 10.2 Å². The molecule has 2 heterocycles. The number of nitrogen functional groups attached to an aromatic ring is 1. The van der Waals surface area contributed by atoms with Gasteiger partial charge in [0.2, 0.25) is 0 Å². The Morgan fingerprint density at radius 3 is 2.68 bits per heavy atom. The van der Waals surface area contributed by atoms with Crippen molar-refractivity contribution >= 4 is 33.1 Å². The first-order valence-electron chi connectivity index (χ1n) is 5.79. The Morgan fingerprint density at radius 1 is 1.47 bits per heavy atom. The van der Waals surface area contributed by atoms with Crippen molar-refractivity contribution in [1.82, 2.24) is 4.98 Å². The largest absolute Gasteiger partial charge is 0.397 e. The van der Waals surface area contributed by atoms with E-state index in [0.717, 1.165) is 29.7 Å². The highest BCUT2D eigenvalue weighted by Crippen LogP contribution is 2.47. The third-order valence-corrected chi connectivity index (χ3v) is 4.33. The molecule has 1 saturated carbocycles. The summed E-state index contributed by atoms with van der Waals surface area (Å²) in [5.74, 6) is -0.415. The number of halogens is 2. The number of primary amides is 1. The Hall–Kier alpha value is -1.76. The van der Waals surface area contributed by atoms with Gasteiger partial charge in [0.1, 0.15) is 15.4 Å². The summed E-state index contributed by atoms with van der Waals surface area (Å²) in [6, 6.07) is 1.40. The number of carbonyl (C=O) groups is 1. The van der Waals surface area contributed by atoms with Gasteiger partial charge in [-0.25, -0.2) is 13.8 Å². The molecule has 4 nitrogen and oxygen atoms in total. The summed E-state index contributed by atoms with van der Waals surface area (Å²) >= 11 is 0.979. The van der Waals surface area contributed by atoms with Crippen LogP contribution in [0.1, 0.15) is 46.1 Å². The third kappa shape index (κ3) is 1.94. The van der Waals surface area contributed by atoms with E-state index < -0.39 is 12.3 Å². The zero-order chi connectivity index (χ0) is 13.7. The number of carbonyl (C=O) groups excluding carboxylic acids is 1. The SMILES string of the molecule is NC(=O)c1sc2nc(C(F)F)cc(C3CC3)c2c1N. The monoisotopic (exact) mass is 283 g/mol. The zero-order valence-corrected chi connectivity index (χ0v) is 10.6. The first-order valence-corrected chi connectivity index (χ1v) is 6.61. The van der Waals surface area contributed by atoms with Gasteiger partial charge in [-0.2, -0.15) is 0 Å². The van der Waals surface area contributed by atoms with Crippen molar-refractivity contribution < 1.29 is 13.6 Å². The molecular weight excluding hydrogens is 272 g/mol. The molecule has 0 aliphatic heterocycles. The fraction of sp³-hybridized carbons (Fsp3) is 0.333. The second-order valence-electron chi connectivity index (χ2n) is 4.60. The Kier molecular flexibility index (Phi) is 2.67. The number of nitrogens with zero attached hydrogens (tertiary/aromatic N) is 1. The number of aromatic nitrogens is 1. The predicted octanol–water partition coefficient (Wildman–Crippen LogP) is 2.79. The van der Waals surface area contributed by atoms with E-state index in [1.54, 1.807) is 0 Å². The predicted molar refractivity (Wildman–Crippen MR) is 69.5 cm³/mol. The topological polar surface area (TPSA) is 82.0 Å². The number of rotatable bonds is 3. The quantitative estimate of drug-likeness (QED) is 0.908. The average molecular weight is 283 g/mol. The van der Waals surface area contributed by atoms with Gasteiger partial charge in [0.15, 0.2) is 0 Å². The van der Waals surface area contributed by atoms with Gasteiger partial charge in [0, 0.05) is 5.39 Å². The molecule has 0 atom stereocenters. The Labute approximate surface area is 111 Å². The second-order valence-corrected chi connectivity index (χ2v) is 5.60. The normalized spacial score (nSPS) is 15.3. The first kappa shape index (κ1) is 12.3. The fourth-order valence-corrected chi connectivity index (χ4v) is 3.17. The van der Waals surface area contributed by atoms with E-state index in [9.17, 15) is 13.6 Å². The van der Waals surface area contributed by atoms with E-state index in [4.69, 9.17) is 11.5 Å². The zero-order valence-electron chi connectivity index (χ0n) is 9.82. The minimum absolute atomic E-state index is 0.191. The van der Waals surface area contributed by atoms with Gasteiger partial charge in [0.05, 0.1) is 5.69 Å². The van der Waals surface area contributed by atoms with Crippen molar-refractivity contribution in [1.29, 1.82) is 0 Å². The molecule has 0 bridgehead atoms. The summed E-state index contributed by atoms with van der Waals surface area (Å²) in [4.78, 5) is 15.7. The highest BCUT2D eigenvalue weighted by atomic mass is 32.1. The number of fused-ring (bicyclic) bond motifs is 1. The van der Waals surface area contributed by atoms with Crippen molar-refractivity contribution in [3.63, 3.8) is 0 Å². The number of amides is 1. The van der Waals surface area contributed by atoms with E-state index in [2.05, 4.69) is 4.98 Å². The van der Waals surface area contributed by atoms with Gasteiger partial charge in [-0.15, -0.1) is 11.3 Å². The van der Waals surface area contributed by atoms with Gasteiger partial charge in [0.25, 0.3) is 12.3 Å². The lowest BCUT2D eigenvalue weighted by atomic mass is 10.1. The lowest BCUT2D eigenvalue weighted by molar-refractivity contribution is 0.100. The van der Waals surface area contributed by atoms with E-state index in [1.165, 1.54) is 6.07 Å². The third-order valence-electron chi connectivity index (χ3n) is 3.21. The summed E-state index contributed by atoms with van der Waals surface area (Å²) in [7, 11) is 0. The van der Waals surface area contributed by atoms with Crippen molar-refractivity contribution in [3.05, 3.63) is 22.2 Å². The first-order chi connectivity index (χ1) is 8.99. The molecule has 1 fully saturated rings. The van der Waals surface area contributed by atoms with Crippen LogP contribution in [0.15, 0.2) is 6.07 Å². The summed E-state index contributed by atoms with van der Waals surface area (Å²) < 4.78 is 25.7. The van der Waals surface area contributed by atoms with Crippen LogP contribution in [0.2, 0.25) is 0 Å². The Morgan fingerprint density at radius 2 is 2.16 bits per heavy atom. The van der Waals surface area contributed by atoms with E-state index in [-0.39, 0.29) is 22.2 Å². The molecule has 1 aliphatic carbocycles. The minimum atomic E-state index is -2.64. The van der Waals surface area contributed by atoms with Crippen LogP contribution >= 0.6 is 11.3 Å². The molecule has 2 aromatic heterocycles. The molecule has 3 rings (SSSR count). The molecule has 0 spiro atoms. The number of nitrogens with two attached hydrogens (primary N) is 2. The number of anilines is 1. The van der Waals surface area contributed by atoms with E-state index in [0.29, 0.717) is 10.2 Å². The van der Waals surface area contributed by atoms with E-state index >= 15 is 0 Å². The molecule has 0 aromatic carbocycles. The van der Waals surface area contributed by atoms with Gasteiger partial charge < -0.3 is 11.5 Å². The number of thiophene rings is 1. The molecule has 0 saturated heterocycles. The smallest absolute Gasteiger partial charge is 0.280 e. The van der Waals surface area contributed by atoms with Crippen molar-refractivity contribution in [2.24, 2.45) is 5.73 Å². The van der Waals surface area contributed by atoms with Crippen molar-refractivity contribution in [2.75, 3.05) is 5.73 Å². The van der Waals surface area contributed by atoms with Crippen LogP contribution in [0.4, 0.5) is 14.5 Å². The van der Waals surface area contributed by atoms with Crippen molar-refractivity contribution in [2.45, 2.75) is 25.2 Å². The minimum Gasteiger partial charge on any atom is -0.397 e. The maximum absolute atomic E-state index is 12.8. The standard InChI is InChI=1S/C12H11F2N3OS/c13-10(14)6-3-5(4-1-2-4)7-8(15)9(11(16)18)19-12(7)17-6/h3-4,10H,1-2,15H2,(H2,16,18). The van der Waals surface area contributed by atoms with Gasteiger partial charge >= 0.3 is 0 Å². The average Bonchev–Trinajstić information content (AvgIpc) is 3.13. The van der Waals surface area contributed by atoms with Crippen LogP contribution in [-0.2, 0) is 0 Å². The molecule has 1 amide bonds. The van der Waals surface area contributed by atoms with Gasteiger partial charge in [-0.3, -0.25) is 4.79 Å². The second kappa shape index (κ2) is 4.12. The molecular formula is C12H11F2N3OS. The highest BCUT2D eigenvalue weighted by Gasteiger charge is 2.30. The molecule has 100 valence electrons. The number of hydrogen-bond donors (Lipinski definition) is 2. The summed E-state index contributed by atoms with van der Waals surface area (Å²) in [6.45, 7) is 0. The molecule has 2 aromatic rings. The van der Waals surface area contributed by atoms with Gasteiger partial charge in [-0.05, 0) is 30.4 Å². The van der Waals surface area contributed by atoms with Crippen LogP contribution in [0.5, 0.6) is 0 Å². The van der Waals surface area contributed by atoms with Crippen LogP contribution in [0.3, 0.4) is 0 Å². The lowest BCUT2D eigenvalue weighted by Crippen LogP contribution is -2.10. The highest BCUT2D eigenvalue weighted by molar-refractivity contribution is 7.21. The van der Waals surface area contributed by atoms with Gasteiger partial charge in [-0.1, -0.05) is 0 Å². The maximum Gasteiger partial charge on any atom is 0.280 e. The molecule has 19 heavy (non-hydrogen) atoms. The number of hydrogen-bond acceptors (Lipinski definition) is 4. The summed E-state index contributed by atoms with van der Waals surface area (Å²) in [5.41, 5.74) is 11.9. The molecule has 1 aliphatic rings. The molecule has 0 radical (unpaired) electrons. The van der Waals surface area contributed by atoms with Crippen LogP contribution in [-0.4, -0.2) is 10.9 Å². The number of alkyl halides is 2. The summed E-state index contributed by atoms with van der Waals surface area (Å²) in [5, 5.41) is 0.616. The lowest BCUT2D eigenvalue weighted by Gasteiger charge is -2.06. The molecule has 7 heteroatoms. The van der Waals surface area contributed by atoms with Crippen LogP contribution in [0, 0.1) is 0 Å². The molecule has 4 N–H and O–H groups in total.